The normalized spacial score (nSPS) is 19.8. The van der Waals surface area contributed by atoms with Crippen LogP contribution in [0.25, 0.3) is 0 Å². The van der Waals surface area contributed by atoms with Gasteiger partial charge >= 0.3 is 5.97 Å². The molecule has 0 radical (unpaired) electrons. The summed E-state index contributed by atoms with van der Waals surface area (Å²) in [7, 11) is 1.90. The maximum absolute atomic E-state index is 11.0. The lowest BCUT2D eigenvalue weighted by Gasteiger charge is -2.31. The Labute approximate surface area is 87.8 Å². The molecule has 0 bridgehead atoms. The number of carbonyl (C=O) groups is 1. The molecule has 0 spiro atoms. The van der Waals surface area contributed by atoms with Gasteiger partial charge in [0.05, 0.1) is 5.92 Å². The summed E-state index contributed by atoms with van der Waals surface area (Å²) in [5.74, 6) is -1.38. The van der Waals surface area contributed by atoms with Crippen molar-refractivity contribution in [1.29, 1.82) is 0 Å². The molecule has 15 heavy (non-hydrogen) atoms. The van der Waals surface area contributed by atoms with Crippen LogP contribution >= 0.6 is 0 Å². The van der Waals surface area contributed by atoms with Gasteiger partial charge in [-0.05, 0) is 18.6 Å². The molecule has 1 unspecified atom stereocenters. The molecule has 80 valence electrons. The predicted octanol–water partition coefficient (Wildman–Crippen LogP) is 1.40. The van der Waals surface area contributed by atoms with E-state index in [1.807, 2.05) is 18.0 Å². The molecule has 1 aromatic rings. The smallest absolute Gasteiger partial charge is 0.311 e. The Hall–Kier alpha value is -1.71. The molecule has 4 nitrogen and oxygen atoms in total. The van der Waals surface area contributed by atoms with E-state index in [2.05, 4.69) is 0 Å². The van der Waals surface area contributed by atoms with E-state index < -0.39 is 11.9 Å². The van der Waals surface area contributed by atoms with Gasteiger partial charge in [0.1, 0.15) is 5.75 Å². The van der Waals surface area contributed by atoms with E-state index in [0.29, 0.717) is 18.5 Å². The van der Waals surface area contributed by atoms with Gasteiger partial charge in [0.2, 0.25) is 0 Å². The van der Waals surface area contributed by atoms with Crippen molar-refractivity contribution < 1.29 is 15.0 Å². The molecule has 0 saturated carbocycles. The number of phenols is 1. The van der Waals surface area contributed by atoms with Gasteiger partial charge in [-0.15, -0.1) is 0 Å². The standard InChI is InChI=1S/C11H13NO3/c1-12-6-5-7(11(14)15)10-8(12)3-2-4-9(10)13/h2-4,7,13H,5-6H2,1H3,(H,14,15). The number of rotatable bonds is 1. The average Bonchev–Trinajstić information content (AvgIpc) is 2.19. The molecule has 1 atom stereocenters. The zero-order valence-corrected chi connectivity index (χ0v) is 8.47. The minimum absolute atomic E-state index is 0.0754. The first-order valence-electron chi connectivity index (χ1n) is 4.87. The maximum Gasteiger partial charge on any atom is 0.311 e. The highest BCUT2D eigenvalue weighted by atomic mass is 16.4. The minimum atomic E-state index is -0.870. The number of nitrogens with zero attached hydrogens (tertiary/aromatic N) is 1. The van der Waals surface area contributed by atoms with Gasteiger partial charge in [-0.3, -0.25) is 4.79 Å². The summed E-state index contributed by atoms with van der Waals surface area (Å²) < 4.78 is 0. The molecule has 2 rings (SSSR count). The summed E-state index contributed by atoms with van der Waals surface area (Å²) in [6, 6.07) is 5.10. The highest BCUT2D eigenvalue weighted by molar-refractivity contribution is 5.82. The fraction of sp³-hybridized carbons (Fsp3) is 0.364. The second-order valence-electron chi connectivity index (χ2n) is 3.81. The molecule has 1 aromatic carbocycles. The van der Waals surface area contributed by atoms with Crippen LogP contribution in [-0.2, 0) is 4.79 Å². The van der Waals surface area contributed by atoms with E-state index >= 15 is 0 Å². The van der Waals surface area contributed by atoms with Crippen LogP contribution in [0.2, 0.25) is 0 Å². The van der Waals surface area contributed by atoms with Crippen molar-refractivity contribution in [2.24, 2.45) is 0 Å². The van der Waals surface area contributed by atoms with E-state index in [9.17, 15) is 9.90 Å². The fourth-order valence-electron chi connectivity index (χ4n) is 2.07. The number of benzene rings is 1. The number of hydrogen-bond acceptors (Lipinski definition) is 3. The van der Waals surface area contributed by atoms with E-state index in [4.69, 9.17) is 5.11 Å². The summed E-state index contributed by atoms with van der Waals surface area (Å²) in [6.07, 6.45) is 0.538. The van der Waals surface area contributed by atoms with Crippen molar-refractivity contribution in [2.75, 3.05) is 18.5 Å². The Morgan fingerprint density at radius 3 is 2.93 bits per heavy atom. The van der Waals surface area contributed by atoms with Crippen LogP contribution < -0.4 is 4.90 Å². The number of anilines is 1. The van der Waals surface area contributed by atoms with Gasteiger partial charge in [-0.2, -0.15) is 0 Å². The zero-order chi connectivity index (χ0) is 11.0. The Kier molecular flexibility index (Phi) is 2.26. The lowest BCUT2D eigenvalue weighted by atomic mass is 9.89. The monoisotopic (exact) mass is 207 g/mol. The Bertz CT molecular complexity index is 403. The van der Waals surface area contributed by atoms with E-state index in [1.54, 1.807) is 6.07 Å². The van der Waals surface area contributed by atoms with Gasteiger partial charge in [-0.1, -0.05) is 6.07 Å². The molecule has 0 saturated heterocycles. The first-order valence-corrected chi connectivity index (χ1v) is 4.87. The second kappa shape index (κ2) is 3.46. The third kappa shape index (κ3) is 1.52. The van der Waals surface area contributed by atoms with Crippen molar-refractivity contribution in [1.82, 2.24) is 0 Å². The first kappa shape index (κ1) is 9.83. The first-order chi connectivity index (χ1) is 7.11. The molecule has 1 aliphatic rings. The SMILES string of the molecule is CN1CCC(C(=O)O)c2c(O)cccc21. The van der Waals surface area contributed by atoms with Gasteiger partial charge < -0.3 is 15.1 Å². The summed E-state index contributed by atoms with van der Waals surface area (Å²) in [5, 5.41) is 18.8. The largest absolute Gasteiger partial charge is 0.508 e. The zero-order valence-electron chi connectivity index (χ0n) is 8.47. The molecule has 0 amide bonds. The van der Waals surface area contributed by atoms with Crippen LogP contribution in [0, 0.1) is 0 Å². The number of aromatic hydroxyl groups is 1. The van der Waals surface area contributed by atoms with Crippen LogP contribution in [0.4, 0.5) is 5.69 Å². The Morgan fingerprint density at radius 1 is 1.53 bits per heavy atom. The molecule has 0 fully saturated rings. The number of aliphatic carboxylic acids is 1. The molecule has 1 aliphatic heterocycles. The van der Waals surface area contributed by atoms with E-state index in [-0.39, 0.29) is 5.75 Å². The number of carboxylic acids is 1. The summed E-state index contributed by atoms with van der Waals surface area (Å²) in [4.78, 5) is 13.0. The Balaban J connectivity index is 2.56. The fourth-order valence-corrected chi connectivity index (χ4v) is 2.07. The maximum atomic E-state index is 11.0. The van der Waals surface area contributed by atoms with Gasteiger partial charge in [-0.25, -0.2) is 0 Å². The number of phenolic OH excluding ortho intramolecular Hbond substituents is 1. The third-order valence-corrected chi connectivity index (χ3v) is 2.87. The summed E-state index contributed by atoms with van der Waals surface area (Å²) >= 11 is 0. The van der Waals surface area contributed by atoms with Gasteiger partial charge in [0, 0.05) is 24.8 Å². The quantitative estimate of drug-likeness (QED) is 0.730. The van der Waals surface area contributed by atoms with Gasteiger partial charge in [0.15, 0.2) is 0 Å². The number of carboxylic acid groups (broad SMARTS) is 1. The van der Waals surface area contributed by atoms with Crippen molar-refractivity contribution in [3.05, 3.63) is 23.8 Å². The lowest BCUT2D eigenvalue weighted by molar-refractivity contribution is -0.139. The van der Waals surface area contributed by atoms with Crippen molar-refractivity contribution >= 4 is 11.7 Å². The van der Waals surface area contributed by atoms with Crippen molar-refractivity contribution in [2.45, 2.75) is 12.3 Å². The van der Waals surface area contributed by atoms with Crippen LogP contribution in [0.15, 0.2) is 18.2 Å². The van der Waals surface area contributed by atoms with Crippen molar-refractivity contribution in [3.8, 4) is 5.75 Å². The number of hydrogen-bond donors (Lipinski definition) is 2. The van der Waals surface area contributed by atoms with Crippen LogP contribution in [0.1, 0.15) is 17.9 Å². The van der Waals surface area contributed by atoms with Crippen LogP contribution in [-0.4, -0.2) is 29.8 Å². The minimum Gasteiger partial charge on any atom is -0.508 e. The Morgan fingerprint density at radius 2 is 2.27 bits per heavy atom. The molecule has 2 N–H and O–H groups in total. The average molecular weight is 207 g/mol. The van der Waals surface area contributed by atoms with Crippen LogP contribution in [0.5, 0.6) is 5.75 Å². The third-order valence-electron chi connectivity index (χ3n) is 2.87. The highest BCUT2D eigenvalue weighted by Gasteiger charge is 2.30. The molecule has 4 heteroatoms. The molecule has 1 heterocycles. The molecule has 0 aromatic heterocycles. The molecule has 0 aliphatic carbocycles. The topological polar surface area (TPSA) is 60.8 Å². The van der Waals surface area contributed by atoms with E-state index in [1.165, 1.54) is 6.07 Å². The van der Waals surface area contributed by atoms with E-state index in [0.717, 1.165) is 5.69 Å². The highest BCUT2D eigenvalue weighted by Crippen LogP contribution is 2.40. The van der Waals surface area contributed by atoms with Crippen LogP contribution in [0.3, 0.4) is 0 Å². The lowest BCUT2D eigenvalue weighted by Crippen LogP contribution is -2.30. The van der Waals surface area contributed by atoms with Crippen molar-refractivity contribution in [3.63, 3.8) is 0 Å². The molecular formula is C11H13NO3. The second-order valence-corrected chi connectivity index (χ2v) is 3.81. The predicted molar refractivity (Wildman–Crippen MR) is 56.4 cm³/mol. The number of fused-ring (bicyclic) bond motifs is 1. The van der Waals surface area contributed by atoms with Gasteiger partial charge in [0.25, 0.3) is 0 Å². The molecular weight excluding hydrogens is 194 g/mol. The summed E-state index contributed by atoms with van der Waals surface area (Å²) in [6.45, 7) is 0.702. The summed E-state index contributed by atoms with van der Waals surface area (Å²) in [5.41, 5.74) is 1.35.